The zero-order valence-electron chi connectivity index (χ0n) is 13.2. The van der Waals surface area contributed by atoms with Gasteiger partial charge in [0, 0.05) is 12.6 Å². The minimum Gasteiger partial charge on any atom is -0.304 e. The Kier molecular flexibility index (Phi) is 4.63. The first kappa shape index (κ1) is 16.0. The molecule has 0 saturated carbocycles. The largest absolute Gasteiger partial charge is 0.304 e. The van der Waals surface area contributed by atoms with Crippen LogP contribution in [0.2, 0.25) is 0 Å². The summed E-state index contributed by atoms with van der Waals surface area (Å²) in [7, 11) is 1.93. The van der Waals surface area contributed by atoms with Crippen molar-refractivity contribution in [3.63, 3.8) is 0 Å². The fourth-order valence-corrected chi connectivity index (χ4v) is 3.84. The van der Waals surface area contributed by atoms with E-state index in [4.69, 9.17) is 0 Å². The van der Waals surface area contributed by atoms with E-state index in [0.717, 1.165) is 32.5 Å². The molecule has 3 aromatic rings. The summed E-state index contributed by atoms with van der Waals surface area (Å²) in [5, 5.41) is 11.2. The molecule has 23 heavy (non-hydrogen) atoms. The maximum Gasteiger partial charge on any atom is 0.191 e. The fraction of sp³-hybridized carbons (Fsp3) is 0.235. The number of hydrogen-bond acceptors (Lipinski definition) is 5. The van der Waals surface area contributed by atoms with E-state index in [1.165, 1.54) is 11.8 Å². The third-order valence-electron chi connectivity index (χ3n) is 3.60. The predicted molar refractivity (Wildman–Crippen MR) is 95.3 cm³/mol. The highest BCUT2D eigenvalue weighted by Gasteiger charge is 2.15. The van der Waals surface area contributed by atoms with Gasteiger partial charge in [0.05, 0.1) is 10.6 Å². The summed E-state index contributed by atoms with van der Waals surface area (Å²) in [6.07, 6.45) is 0. The number of ketones is 1. The lowest BCUT2D eigenvalue weighted by atomic mass is 10.0. The van der Waals surface area contributed by atoms with Crippen LogP contribution >= 0.6 is 23.1 Å². The molecule has 0 saturated heterocycles. The number of thioether (sulfide) groups is 1. The summed E-state index contributed by atoms with van der Waals surface area (Å²) in [6, 6.07) is 9.97. The molecule has 4 nitrogen and oxygen atoms in total. The molecule has 0 unspecified atom stereocenters. The highest BCUT2D eigenvalue weighted by Crippen LogP contribution is 2.26. The normalized spacial score (nSPS) is 10.9. The quantitative estimate of drug-likeness (QED) is 0.516. The van der Waals surface area contributed by atoms with Crippen molar-refractivity contribution >= 4 is 28.9 Å². The summed E-state index contributed by atoms with van der Waals surface area (Å²) in [6.45, 7) is 3.97. The van der Waals surface area contributed by atoms with E-state index in [-0.39, 0.29) is 5.78 Å². The van der Waals surface area contributed by atoms with Crippen molar-refractivity contribution in [2.24, 2.45) is 7.05 Å². The Hall–Kier alpha value is -1.92. The van der Waals surface area contributed by atoms with Crippen molar-refractivity contribution in [1.82, 2.24) is 14.8 Å². The first-order valence-corrected chi connectivity index (χ1v) is 9.09. The lowest BCUT2D eigenvalue weighted by Gasteiger charge is -2.06. The minimum absolute atomic E-state index is 0.122. The van der Waals surface area contributed by atoms with Crippen LogP contribution in [0.3, 0.4) is 0 Å². The summed E-state index contributed by atoms with van der Waals surface area (Å²) in [5.41, 5.74) is 2.90. The second kappa shape index (κ2) is 6.68. The molecule has 118 valence electrons. The Labute approximate surface area is 143 Å². The molecular weight excluding hydrogens is 326 g/mol. The van der Waals surface area contributed by atoms with Gasteiger partial charge in [0.1, 0.15) is 0 Å². The predicted octanol–water partition coefficient (Wildman–Crippen LogP) is 4.14. The van der Waals surface area contributed by atoms with Crippen LogP contribution in [0, 0.1) is 13.8 Å². The van der Waals surface area contributed by atoms with Gasteiger partial charge >= 0.3 is 0 Å². The van der Waals surface area contributed by atoms with E-state index in [1.54, 1.807) is 11.3 Å². The Bertz CT molecular complexity index is 838. The van der Waals surface area contributed by atoms with Gasteiger partial charge in [0.25, 0.3) is 0 Å². The van der Waals surface area contributed by atoms with Crippen LogP contribution in [0.1, 0.15) is 21.5 Å². The number of thiophene rings is 1. The van der Waals surface area contributed by atoms with Crippen LogP contribution in [0.5, 0.6) is 0 Å². The van der Waals surface area contributed by atoms with Crippen LogP contribution in [0.4, 0.5) is 0 Å². The second-order valence-corrected chi connectivity index (χ2v) is 7.26. The van der Waals surface area contributed by atoms with Crippen LogP contribution < -0.4 is 0 Å². The molecule has 6 heteroatoms. The number of carbonyl (C=O) groups is 1. The van der Waals surface area contributed by atoms with Gasteiger partial charge in [-0.2, -0.15) is 0 Å². The SMILES string of the molecule is Cc1ccc(C)c(C(=O)CSc2nnc(-c3cccs3)n2C)c1. The Morgan fingerprint density at radius 3 is 2.83 bits per heavy atom. The van der Waals surface area contributed by atoms with Gasteiger partial charge in [-0.25, -0.2) is 0 Å². The van der Waals surface area contributed by atoms with E-state index in [2.05, 4.69) is 10.2 Å². The van der Waals surface area contributed by atoms with Gasteiger partial charge in [-0.15, -0.1) is 21.5 Å². The minimum atomic E-state index is 0.122. The lowest BCUT2D eigenvalue weighted by Crippen LogP contribution is -2.06. The first-order chi connectivity index (χ1) is 11.1. The van der Waals surface area contributed by atoms with Gasteiger partial charge in [0.15, 0.2) is 16.8 Å². The molecule has 2 heterocycles. The first-order valence-electron chi connectivity index (χ1n) is 7.23. The van der Waals surface area contributed by atoms with Crippen LogP contribution in [0.25, 0.3) is 10.7 Å². The number of benzene rings is 1. The van der Waals surface area contributed by atoms with E-state index in [1.807, 2.05) is 61.2 Å². The van der Waals surface area contributed by atoms with E-state index >= 15 is 0 Å². The van der Waals surface area contributed by atoms with Crippen molar-refractivity contribution < 1.29 is 4.79 Å². The Morgan fingerprint density at radius 1 is 1.26 bits per heavy atom. The maximum absolute atomic E-state index is 12.5. The molecule has 0 amide bonds. The highest BCUT2D eigenvalue weighted by atomic mass is 32.2. The monoisotopic (exact) mass is 343 g/mol. The van der Waals surface area contributed by atoms with Gasteiger partial charge in [0.2, 0.25) is 0 Å². The number of aryl methyl sites for hydroxylation is 2. The molecular formula is C17H17N3OS2. The topological polar surface area (TPSA) is 47.8 Å². The molecule has 1 aromatic carbocycles. The van der Waals surface area contributed by atoms with E-state index < -0.39 is 0 Å². The Morgan fingerprint density at radius 2 is 2.09 bits per heavy atom. The zero-order chi connectivity index (χ0) is 16.4. The third kappa shape index (κ3) is 3.38. The van der Waals surface area contributed by atoms with Gasteiger partial charge in [-0.1, -0.05) is 35.5 Å². The van der Waals surface area contributed by atoms with Crippen LogP contribution in [-0.2, 0) is 7.05 Å². The summed E-state index contributed by atoms with van der Waals surface area (Å²) in [4.78, 5) is 13.5. The molecule has 0 bridgehead atoms. The molecule has 0 radical (unpaired) electrons. The molecule has 0 fully saturated rings. The molecule has 3 rings (SSSR count). The lowest BCUT2D eigenvalue weighted by molar-refractivity contribution is 0.102. The van der Waals surface area contributed by atoms with Gasteiger partial charge < -0.3 is 4.57 Å². The number of carbonyl (C=O) groups excluding carboxylic acids is 1. The van der Waals surface area contributed by atoms with Crippen LogP contribution in [-0.4, -0.2) is 26.3 Å². The summed E-state index contributed by atoms with van der Waals surface area (Å²) < 4.78 is 1.94. The van der Waals surface area contributed by atoms with Crippen LogP contribution in [0.15, 0.2) is 40.9 Å². The van der Waals surface area contributed by atoms with Crippen molar-refractivity contribution in [2.75, 3.05) is 5.75 Å². The van der Waals surface area contributed by atoms with Gasteiger partial charge in [-0.05, 0) is 36.9 Å². The molecule has 0 spiro atoms. The third-order valence-corrected chi connectivity index (χ3v) is 5.49. The number of nitrogens with zero attached hydrogens (tertiary/aromatic N) is 3. The standard InChI is InChI=1S/C17H17N3OS2/c1-11-6-7-12(2)13(9-11)14(21)10-23-17-19-18-16(20(17)3)15-5-4-8-22-15/h4-9H,10H2,1-3H3. The van der Waals surface area contributed by atoms with Crippen molar-refractivity contribution in [2.45, 2.75) is 19.0 Å². The summed E-state index contributed by atoms with van der Waals surface area (Å²) in [5.74, 6) is 1.32. The van der Waals surface area contributed by atoms with E-state index in [9.17, 15) is 4.79 Å². The highest BCUT2D eigenvalue weighted by molar-refractivity contribution is 7.99. The molecule has 0 N–H and O–H groups in total. The number of aromatic nitrogens is 3. The number of hydrogen-bond donors (Lipinski definition) is 0. The van der Waals surface area contributed by atoms with Crippen molar-refractivity contribution in [1.29, 1.82) is 0 Å². The summed E-state index contributed by atoms with van der Waals surface area (Å²) >= 11 is 3.06. The molecule has 0 aliphatic heterocycles. The smallest absolute Gasteiger partial charge is 0.191 e. The fourth-order valence-electron chi connectivity index (χ4n) is 2.31. The van der Waals surface area contributed by atoms with Gasteiger partial charge in [-0.3, -0.25) is 4.79 Å². The zero-order valence-corrected chi connectivity index (χ0v) is 14.9. The Balaban J connectivity index is 1.74. The average Bonchev–Trinajstić information content (AvgIpc) is 3.17. The van der Waals surface area contributed by atoms with Crippen molar-refractivity contribution in [3.05, 3.63) is 52.4 Å². The second-order valence-electron chi connectivity index (χ2n) is 5.37. The van der Waals surface area contributed by atoms with E-state index in [0.29, 0.717) is 5.75 Å². The average molecular weight is 343 g/mol. The maximum atomic E-state index is 12.5. The molecule has 0 aliphatic rings. The molecule has 0 atom stereocenters. The number of Topliss-reactive ketones (excluding diaryl/α,β-unsaturated/α-hetero) is 1. The molecule has 0 aliphatic carbocycles. The van der Waals surface area contributed by atoms with Crippen molar-refractivity contribution in [3.8, 4) is 10.7 Å². The number of rotatable bonds is 5. The molecule has 2 aromatic heterocycles.